The van der Waals surface area contributed by atoms with E-state index in [0.29, 0.717) is 31.2 Å². The van der Waals surface area contributed by atoms with Gasteiger partial charge in [0.25, 0.3) is 5.69 Å². The molecular weight excluding hydrogens is 420 g/mol. The van der Waals surface area contributed by atoms with Crippen LogP contribution in [-0.4, -0.2) is 32.5 Å². The van der Waals surface area contributed by atoms with E-state index in [1.54, 1.807) is 24.3 Å². The largest absolute Gasteiger partial charge is 0.469 e. The molecular formula is C22H22N2O6S. The summed E-state index contributed by atoms with van der Waals surface area (Å²) in [6.45, 7) is 0. The lowest BCUT2D eigenvalue weighted by Crippen LogP contribution is -2.38. The predicted molar refractivity (Wildman–Crippen MR) is 114 cm³/mol. The van der Waals surface area contributed by atoms with Crippen molar-refractivity contribution in [1.29, 1.82) is 0 Å². The standard InChI is InChI=1S/C22H22N2O6S/c1-30-22(25)18-9-12-19(13-10-18)23-31(28,29)20-14-11-17(21(15-20)24(26)27)8-7-16-5-3-2-4-6-16/h2-6,11,14-15,18-19,23H,9-10,12-13H2,1H3. The summed E-state index contributed by atoms with van der Waals surface area (Å²) < 4.78 is 32.9. The first-order valence-electron chi connectivity index (χ1n) is 9.76. The molecule has 1 aliphatic carbocycles. The van der Waals surface area contributed by atoms with Gasteiger partial charge in [0.1, 0.15) is 5.56 Å². The van der Waals surface area contributed by atoms with Gasteiger partial charge < -0.3 is 4.74 Å². The summed E-state index contributed by atoms with van der Waals surface area (Å²) in [7, 11) is -2.63. The number of nitro groups is 1. The van der Waals surface area contributed by atoms with E-state index in [0.717, 1.165) is 6.07 Å². The second kappa shape index (κ2) is 9.73. The zero-order valence-corrected chi connectivity index (χ0v) is 17.7. The SMILES string of the molecule is COC(=O)C1CCC(NS(=O)(=O)c2ccc(C#Cc3ccccc3)c([N+](=O)[O-])c2)CC1. The van der Waals surface area contributed by atoms with Gasteiger partial charge in [-0.05, 0) is 49.9 Å². The fourth-order valence-corrected chi connectivity index (χ4v) is 4.82. The highest BCUT2D eigenvalue weighted by Crippen LogP contribution is 2.27. The number of benzene rings is 2. The van der Waals surface area contributed by atoms with Gasteiger partial charge >= 0.3 is 5.97 Å². The Hall–Kier alpha value is -3.22. The number of hydrogen-bond acceptors (Lipinski definition) is 6. The molecule has 9 heteroatoms. The van der Waals surface area contributed by atoms with Gasteiger partial charge in [0.2, 0.25) is 10.0 Å². The number of nitrogens with one attached hydrogen (secondary N) is 1. The first-order chi connectivity index (χ1) is 14.8. The van der Waals surface area contributed by atoms with Gasteiger partial charge in [-0.2, -0.15) is 0 Å². The summed E-state index contributed by atoms with van der Waals surface area (Å²) in [5, 5.41) is 11.5. The van der Waals surface area contributed by atoms with Gasteiger partial charge in [0, 0.05) is 17.7 Å². The molecule has 2 aromatic carbocycles. The monoisotopic (exact) mass is 442 g/mol. The number of rotatable bonds is 5. The van der Waals surface area contributed by atoms with Crippen LogP contribution in [0.15, 0.2) is 53.4 Å². The van der Waals surface area contributed by atoms with Crippen molar-refractivity contribution in [3.63, 3.8) is 0 Å². The molecule has 3 rings (SSSR count). The van der Waals surface area contributed by atoms with Crippen LogP contribution in [-0.2, 0) is 19.6 Å². The Balaban J connectivity index is 1.78. The van der Waals surface area contributed by atoms with Crippen molar-refractivity contribution >= 4 is 21.7 Å². The fourth-order valence-electron chi connectivity index (χ4n) is 3.50. The van der Waals surface area contributed by atoms with Crippen LogP contribution in [0.1, 0.15) is 36.8 Å². The zero-order chi connectivity index (χ0) is 22.4. The molecule has 0 aromatic heterocycles. The van der Waals surface area contributed by atoms with E-state index in [1.165, 1.54) is 19.2 Å². The maximum Gasteiger partial charge on any atom is 0.308 e. The number of ether oxygens (including phenoxy) is 1. The average Bonchev–Trinajstić information content (AvgIpc) is 2.78. The average molecular weight is 442 g/mol. The topological polar surface area (TPSA) is 116 Å². The van der Waals surface area contributed by atoms with Crippen molar-refractivity contribution in [3.05, 3.63) is 69.8 Å². The van der Waals surface area contributed by atoms with E-state index < -0.39 is 14.9 Å². The number of nitro benzene ring substituents is 1. The lowest BCUT2D eigenvalue weighted by atomic mass is 9.86. The third-order valence-corrected chi connectivity index (χ3v) is 6.69. The Labute approximate surface area is 180 Å². The lowest BCUT2D eigenvalue weighted by molar-refractivity contribution is -0.385. The lowest BCUT2D eigenvalue weighted by Gasteiger charge is -2.27. The molecule has 1 aliphatic rings. The van der Waals surface area contributed by atoms with Gasteiger partial charge in [-0.15, -0.1) is 0 Å². The maximum absolute atomic E-state index is 12.8. The van der Waals surface area contributed by atoms with Crippen molar-refractivity contribution < 1.29 is 22.9 Å². The highest BCUT2D eigenvalue weighted by molar-refractivity contribution is 7.89. The molecule has 0 radical (unpaired) electrons. The molecule has 0 spiro atoms. The predicted octanol–water partition coefficient (Wildman–Crippen LogP) is 3.00. The Morgan fingerprint density at radius 1 is 1.10 bits per heavy atom. The van der Waals surface area contributed by atoms with E-state index in [-0.39, 0.29) is 34.1 Å². The van der Waals surface area contributed by atoms with E-state index in [1.807, 2.05) is 6.07 Å². The molecule has 0 aliphatic heterocycles. The van der Waals surface area contributed by atoms with Crippen LogP contribution in [0.25, 0.3) is 0 Å². The summed E-state index contributed by atoms with van der Waals surface area (Å²) in [5.41, 5.74) is 0.449. The van der Waals surface area contributed by atoms with Crippen LogP contribution in [0.3, 0.4) is 0 Å². The number of nitrogens with zero attached hydrogens (tertiary/aromatic N) is 1. The number of carbonyl (C=O) groups is 1. The Kier molecular flexibility index (Phi) is 7.05. The molecule has 2 aromatic rings. The van der Waals surface area contributed by atoms with Gasteiger partial charge in [-0.25, -0.2) is 13.1 Å². The van der Waals surface area contributed by atoms with Crippen molar-refractivity contribution in [3.8, 4) is 11.8 Å². The van der Waals surface area contributed by atoms with Crippen LogP contribution < -0.4 is 4.72 Å². The number of hydrogen-bond donors (Lipinski definition) is 1. The van der Waals surface area contributed by atoms with Gasteiger partial charge in [0.15, 0.2) is 0 Å². The quantitative estimate of drug-likeness (QED) is 0.329. The molecule has 0 unspecified atom stereocenters. The fraction of sp³-hybridized carbons (Fsp3) is 0.318. The molecule has 8 nitrogen and oxygen atoms in total. The van der Waals surface area contributed by atoms with E-state index in [2.05, 4.69) is 16.6 Å². The second-order valence-electron chi connectivity index (χ2n) is 7.25. The second-order valence-corrected chi connectivity index (χ2v) is 8.96. The number of sulfonamides is 1. The molecule has 0 saturated heterocycles. The molecule has 0 amide bonds. The molecule has 31 heavy (non-hydrogen) atoms. The Morgan fingerprint density at radius 2 is 1.77 bits per heavy atom. The van der Waals surface area contributed by atoms with Gasteiger partial charge in [0.05, 0.1) is 22.8 Å². The Morgan fingerprint density at radius 3 is 2.39 bits per heavy atom. The molecule has 0 bridgehead atoms. The number of methoxy groups -OCH3 is 1. The summed E-state index contributed by atoms with van der Waals surface area (Å²) in [4.78, 5) is 22.3. The van der Waals surface area contributed by atoms with Crippen molar-refractivity contribution in [1.82, 2.24) is 4.72 Å². The highest BCUT2D eigenvalue weighted by atomic mass is 32.2. The van der Waals surface area contributed by atoms with Crippen molar-refractivity contribution in [2.24, 2.45) is 5.92 Å². The van der Waals surface area contributed by atoms with Crippen LogP contribution in [0.5, 0.6) is 0 Å². The van der Waals surface area contributed by atoms with E-state index >= 15 is 0 Å². The van der Waals surface area contributed by atoms with E-state index in [4.69, 9.17) is 4.74 Å². The zero-order valence-electron chi connectivity index (χ0n) is 16.9. The maximum atomic E-state index is 12.8. The number of carbonyl (C=O) groups excluding carboxylic acids is 1. The molecule has 0 heterocycles. The summed E-state index contributed by atoms with van der Waals surface area (Å²) in [5.74, 6) is 5.07. The van der Waals surface area contributed by atoms with Crippen molar-refractivity contribution in [2.45, 2.75) is 36.6 Å². The van der Waals surface area contributed by atoms with Crippen LogP contribution in [0.4, 0.5) is 5.69 Å². The third kappa shape index (κ3) is 5.69. The molecule has 1 saturated carbocycles. The number of esters is 1. The molecule has 0 atom stereocenters. The summed E-state index contributed by atoms with van der Waals surface area (Å²) in [6, 6.07) is 12.3. The first-order valence-corrected chi connectivity index (χ1v) is 11.2. The van der Waals surface area contributed by atoms with Gasteiger partial charge in [-0.3, -0.25) is 14.9 Å². The van der Waals surface area contributed by atoms with E-state index in [9.17, 15) is 23.3 Å². The first kappa shape index (κ1) is 22.5. The Bertz CT molecular complexity index is 1130. The summed E-state index contributed by atoms with van der Waals surface area (Å²) in [6.07, 6.45) is 2.02. The molecule has 1 N–H and O–H groups in total. The molecule has 162 valence electrons. The minimum absolute atomic E-state index is 0.131. The van der Waals surface area contributed by atoms with Crippen molar-refractivity contribution in [2.75, 3.05) is 7.11 Å². The van der Waals surface area contributed by atoms with Crippen LogP contribution in [0, 0.1) is 27.9 Å². The highest BCUT2D eigenvalue weighted by Gasteiger charge is 2.30. The minimum atomic E-state index is -3.96. The van der Waals surface area contributed by atoms with Crippen LogP contribution >= 0.6 is 0 Å². The smallest absolute Gasteiger partial charge is 0.308 e. The summed E-state index contributed by atoms with van der Waals surface area (Å²) >= 11 is 0. The van der Waals surface area contributed by atoms with Gasteiger partial charge in [-0.1, -0.05) is 30.0 Å². The van der Waals surface area contributed by atoms with Crippen LogP contribution in [0.2, 0.25) is 0 Å². The minimum Gasteiger partial charge on any atom is -0.469 e. The molecule has 1 fully saturated rings. The normalized spacial score (nSPS) is 18.5. The third-order valence-electron chi connectivity index (χ3n) is 5.18.